The minimum atomic E-state index is -0.00796. The zero-order chi connectivity index (χ0) is 21.5. The molecule has 0 radical (unpaired) electrons. The predicted molar refractivity (Wildman–Crippen MR) is 116 cm³/mol. The van der Waals surface area contributed by atoms with Crippen LogP contribution in [-0.4, -0.2) is 59.2 Å². The summed E-state index contributed by atoms with van der Waals surface area (Å²) in [5.41, 5.74) is 4.14. The molecule has 5 rings (SSSR count). The first-order chi connectivity index (χ1) is 15.0. The fourth-order valence-corrected chi connectivity index (χ4v) is 4.38. The predicted octanol–water partition coefficient (Wildman–Crippen LogP) is 2.92. The Morgan fingerprint density at radius 3 is 2.42 bits per heavy atom. The molecule has 1 aliphatic carbocycles. The van der Waals surface area contributed by atoms with Crippen LogP contribution >= 0.6 is 0 Å². The van der Waals surface area contributed by atoms with Gasteiger partial charge in [-0.15, -0.1) is 0 Å². The fraction of sp³-hybridized carbons (Fsp3) is 0.417. The van der Waals surface area contributed by atoms with Gasteiger partial charge in [-0.05, 0) is 56.5 Å². The number of ether oxygens (including phenoxy) is 2. The Kier molecular flexibility index (Phi) is 4.96. The summed E-state index contributed by atoms with van der Waals surface area (Å²) in [6.07, 6.45) is 5.57. The van der Waals surface area contributed by atoms with Crippen molar-refractivity contribution in [3.63, 3.8) is 0 Å². The van der Waals surface area contributed by atoms with Crippen molar-refractivity contribution in [1.29, 1.82) is 0 Å². The van der Waals surface area contributed by atoms with Crippen LogP contribution in [0.25, 0.3) is 11.8 Å². The third-order valence-corrected chi connectivity index (χ3v) is 6.32. The molecule has 2 amide bonds. The molecule has 1 saturated heterocycles. The molecule has 2 aliphatic heterocycles. The highest BCUT2D eigenvalue weighted by Gasteiger charge is 2.34. The summed E-state index contributed by atoms with van der Waals surface area (Å²) in [5.74, 6) is 2.00. The number of carbonyl (C=O) groups is 2. The van der Waals surface area contributed by atoms with E-state index in [0.29, 0.717) is 26.2 Å². The van der Waals surface area contributed by atoms with E-state index in [1.165, 1.54) is 0 Å². The molecule has 0 spiro atoms. The van der Waals surface area contributed by atoms with E-state index >= 15 is 0 Å². The Hall–Kier alpha value is -3.22. The van der Waals surface area contributed by atoms with Gasteiger partial charge in [0.1, 0.15) is 0 Å². The van der Waals surface area contributed by atoms with E-state index in [9.17, 15) is 9.59 Å². The molecule has 0 N–H and O–H groups in total. The number of piperazine rings is 1. The van der Waals surface area contributed by atoms with E-state index in [0.717, 1.165) is 47.0 Å². The van der Waals surface area contributed by atoms with Crippen molar-refractivity contribution in [2.75, 3.05) is 33.0 Å². The first-order valence-corrected chi connectivity index (χ1v) is 10.9. The summed E-state index contributed by atoms with van der Waals surface area (Å²) in [7, 11) is 0. The highest BCUT2D eigenvalue weighted by atomic mass is 16.7. The Bertz CT molecular complexity index is 1060. The van der Waals surface area contributed by atoms with Gasteiger partial charge in [0.15, 0.2) is 11.5 Å². The number of carbonyl (C=O) groups excluding carboxylic acids is 2. The Morgan fingerprint density at radius 2 is 1.68 bits per heavy atom. The number of benzene rings is 1. The van der Waals surface area contributed by atoms with Gasteiger partial charge in [-0.3, -0.25) is 9.59 Å². The number of aryl methyl sites for hydroxylation is 1. The first-order valence-electron chi connectivity index (χ1n) is 10.9. The van der Waals surface area contributed by atoms with Gasteiger partial charge in [0, 0.05) is 61.3 Å². The van der Waals surface area contributed by atoms with Crippen molar-refractivity contribution in [3.8, 4) is 17.2 Å². The molecular weight excluding hydrogens is 394 g/mol. The molecule has 0 unspecified atom stereocenters. The van der Waals surface area contributed by atoms with Crippen molar-refractivity contribution >= 4 is 17.9 Å². The van der Waals surface area contributed by atoms with Crippen LogP contribution in [0.3, 0.4) is 0 Å². The third-order valence-electron chi connectivity index (χ3n) is 6.32. The summed E-state index contributed by atoms with van der Waals surface area (Å²) in [4.78, 5) is 28.6. The second kappa shape index (κ2) is 7.80. The molecule has 31 heavy (non-hydrogen) atoms. The van der Waals surface area contributed by atoms with Crippen molar-refractivity contribution < 1.29 is 19.1 Å². The topological polar surface area (TPSA) is 64.0 Å². The zero-order valence-corrected chi connectivity index (χ0v) is 18.0. The molecule has 1 aromatic carbocycles. The zero-order valence-electron chi connectivity index (χ0n) is 18.0. The van der Waals surface area contributed by atoms with Gasteiger partial charge in [-0.1, -0.05) is 0 Å². The standard InChI is InChI=1S/C24H27N3O4/c1-16-13-19(17(2)27(16)20-6-7-21-22(14-20)31-15-30-21)5-8-23(28)25-9-11-26(12-10-25)24(29)18-3-4-18/h5-8,13-14,18H,3-4,9-12,15H2,1-2H3/b8-5+. The van der Waals surface area contributed by atoms with Gasteiger partial charge >= 0.3 is 0 Å². The van der Waals surface area contributed by atoms with Crippen LogP contribution in [0.5, 0.6) is 11.5 Å². The highest BCUT2D eigenvalue weighted by molar-refractivity contribution is 5.92. The minimum absolute atomic E-state index is 0.00796. The lowest BCUT2D eigenvalue weighted by molar-refractivity contribution is -0.138. The smallest absolute Gasteiger partial charge is 0.246 e. The Labute approximate surface area is 181 Å². The summed E-state index contributed by atoms with van der Waals surface area (Å²) in [5, 5.41) is 0. The molecule has 7 heteroatoms. The van der Waals surface area contributed by atoms with Gasteiger partial charge in [0.2, 0.25) is 18.6 Å². The maximum atomic E-state index is 12.7. The lowest BCUT2D eigenvalue weighted by Crippen LogP contribution is -2.50. The molecule has 1 saturated carbocycles. The second-order valence-electron chi connectivity index (χ2n) is 8.46. The van der Waals surface area contributed by atoms with Crippen LogP contribution in [-0.2, 0) is 9.59 Å². The molecule has 2 fully saturated rings. The first kappa shape index (κ1) is 19.7. The van der Waals surface area contributed by atoms with Crippen LogP contribution in [0.1, 0.15) is 29.8 Å². The Morgan fingerprint density at radius 1 is 0.968 bits per heavy atom. The lowest BCUT2D eigenvalue weighted by atomic mass is 10.2. The SMILES string of the molecule is Cc1cc(/C=C/C(=O)N2CCN(C(=O)C3CC3)CC2)c(C)n1-c1ccc2c(c1)OCO2. The van der Waals surface area contributed by atoms with Crippen molar-refractivity contribution in [3.05, 3.63) is 47.3 Å². The monoisotopic (exact) mass is 421 g/mol. The molecule has 162 valence electrons. The number of aromatic nitrogens is 1. The van der Waals surface area contributed by atoms with Crippen molar-refractivity contribution in [2.24, 2.45) is 5.92 Å². The van der Waals surface area contributed by atoms with E-state index in [2.05, 4.69) is 10.6 Å². The maximum absolute atomic E-state index is 12.7. The molecule has 2 aromatic rings. The maximum Gasteiger partial charge on any atom is 0.246 e. The number of fused-ring (bicyclic) bond motifs is 1. The molecule has 3 aliphatic rings. The van der Waals surface area contributed by atoms with Crippen LogP contribution in [0.15, 0.2) is 30.3 Å². The van der Waals surface area contributed by atoms with E-state index < -0.39 is 0 Å². The van der Waals surface area contributed by atoms with Crippen LogP contribution in [0.2, 0.25) is 0 Å². The highest BCUT2D eigenvalue weighted by Crippen LogP contribution is 2.35. The molecule has 7 nitrogen and oxygen atoms in total. The minimum Gasteiger partial charge on any atom is -0.454 e. The number of amides is 2. The molecule has 1 aromatic heterocycles. The fourth-order valence-electron chi connectivity index (χ4n) is 4.38. The third kappa shape index (κ3) is 3.80. The Balaban J connectivity index is 1.26. The van der Waals surface area contributed by atoms with E-state index in [1.54, 1.807) is 6.08 Å². The summed E-state index contributed by atoms with van der Waals surface area (Å²) < 4.78 is 13.1. The summed E-state index contributed by atoms with van der Waals surface area (Å²) in [6, 6.07) is 7.98. The normalized spacial score (nSPS) is 18.1. The average molecular weight is 421 g/mol. The van der Waals surface area contributed by atoms with Gasteiger partial charge in [0.25, 0.3) is 0 Å². The molecule has 0 bridgehead atoms. The van der Waals surface area contributed by atoms with Gasteiger partial charge in [-0.25, -0.2) is 0 Å². The van der Waals surface area contributed by atoms with Gasteiger partial charge < -0.3 is 23.8 Å². The quantitative estimate of drug-likeness (QED) is 0.712. The molecule has 0 atom stereocenters. The number of hydrogen-bond acceptors (Lipinski definition) is 4. The number of rotatable bonds is 4. The van der Waals surface area contributed by atoms with Crippen molar-refractivity contribution in [1.82, 2.24) is 14.4 Å². The summed E-state index contributed by atoms with van der Waals surface area (Å²) in [6.45, 7) is 6.80. The number of hydrogen-bond donors (Lipinski definition) is 0. The van der Waals surface area contributed by atoms with Gasteiger partial charge in [0.05, 0.1) is 0 Å². The largest absolute Gasteiger partial charge is 0.454 e. The lowest BCUT2D eigenvalue weighted by Gasteiger charge is -2.34. The molecular formula is C24H27N3O4. The van der Waals surface area contributed by atoms with Crippen LogP contribution in [0, 0.1) is 19.8 Å². The second-order valence-corrected chi connectivity index (χ2v) is 8.46. The van der Waals surface area contributed by atoms with Crippen LogP contribution in [0.4, 0.5) is 0 Å². The molecule has 3 heterocycles. The number of nitrogens with zero attached hydrogens (tertiary/aromatic N) is 3. The van der Waals surface area contributed by atoms with Crippen LogP contribution < -0.4 is 9.47 Å². The van der Waals surface area contributed by atoms with Gasteiger partial charge in [-0.2, -0.15) is 0 Å². The van der Waals surface area contributed by atoms with E-state index in [1.807, 2.05) is 47.9 Å². The summed E-state index contributed by atoms with van der Waals surface area (Å²) >= 11 is 0. The average Bonchev–Trinajstić information content (AvgIpc) is 3.46. The van der Waals surface area contributed by atoms with E-state index in [-0.39, 0.29) is 24.5 Å². The van der Waals surface area contributed by atoms with Crippen molar-refractivity contribution in [2.45, 2.75) is 26.7 Å². The van der Waals surface area contributed by atoms with E-state index in [4.69, 9.17) is 9.47 Å².